The summed E-state index contributed by atoms with van der Waals surface area (Å²) in [5.41, 5.74) is 0. The second-order valence-corrected chi connectivity index (χ2v) is 19.2. The van der Waals surface area contributed by atoms with E-state index in [1.165, 1.54) is 0 Å². The predicted molar refractivity (Wildman–Crippen MR) is 211 cm³/mol. The monoisotopic (exact) mass is 1230 g/mol. The zero-order chi connectivity index (χ0) is 62.1. The number of hydrogen-bond acceptors (Lipinski definition) is 0. The zero-order valence-corrected chi connectivity index (χ0v) is 41.0. The Morgan fingerprint density at radius 3 is 0.526 bits per heavy atom. The van der Waals surface area contributed by atoms with E-state index in [1.807, 2.05) is 13.8 Å². The molecule has 0 N–H and O–H groups in total. The molecule has 34 heteroatoms. The van der Waals surface area contributed by atoms with Crippen LogP contribution in [-0.2, 0) is 0 Å². The molecule has 470 valence electrons. The first-order valence-electron chi connectivity index (χ1n) is 24.0. The minimum Gasteiger partial charge on any atom is -0.200 e. The van der Waals surface area contributed by atoms with Crippen LogP contribution in [-0.4, -0.2) is 95.3 Å². The van der Waals surface area contributed by atoms with Crippen molar-refractivity contribution >= 4 is 0 Å². The molecular weight excluding hydrogens is 1170 g/mol. The van der Waals surface area contributed by atoms with E-state index in [0.717, 1.165) is 25.7 Å². The Bertz CT molecular complexity index is 1630. The molecule has 0 aliphatic carbocycles. The number of hydrogen-bond donors (Lipinski definition) is 0. The molecule has 0 saturated carbocycles. The van der Waals surface area contributed by atoms with Crippen LogP contribution in [0.4, 0.5) is 149 Å². The molecule has 0 spiro atoms. The van der Waals surface area contributed by atoms with Gasteiger partial charge >= 0.3 is 95.3 Å². The Morgan fingerprint density at radius 2 is 0.346 bits per heavy atom. The highest BCUT2D eigenvalue weighted by molar-refractivity contribution is 5.17. The van der Waals surface area contributed by atoms with Crippen molar-refractivity contribution in [2.75, 3.05) is 0 Å². The zero-order valence-electron chi connectivity index (χ0n) is 41.0. The van der Waals surface area contributed by atoms with Crippen LogP contribution >= 0.6 is 0 Å². The lowest BCUT2D eigenvalue weighted by Crippen LogP contribution is -2.74. The van der Waals surface area contributed by atoms with Crippen LogP contribution in [0, 0.1) is 11.8 Å². The third-order valence-corrected chi connectivity index (χ3v) is 13.1. The first kappa shape index (κ1) is 75.6. The van der Waals surface area contributed by atoms with E-state index in [9.17, 15) is 114 Å². The minimum absolute atomic E-state index is 0.118. The van der Waals surface area contributed by atoms with Gasteiger partial charge in [0.2, 0.25) is 0 Å². The molecule has 0 saturated heterocycles. The Kier molecular flexibility index (Phi) is 25.7. The lowest BCUT2D eigenvalue weighted by atomic mass is 9.74. The smallest absolute Gasteiger partial charge is 0.200 e. The van der Waals surface area contributed by atoms with E-state index in [4.69, 9.17) is 0 Å². The van der Waals surface area contributed by atoms with E-state index >= 15 is 35.1 Å². The van der Waals surface area contributed by atoms with Crippen LogP contribution in [0.25, 0.3) is 0 Å². The van der Waals surface area contributed by atoms with Crippen molar-refractivity contribution < 1.29 is 149 Å². The van der Waals surface area contributed by atoms with Crippen molar-refractivity contribution in [3.05, 3.63) is 0 Å². The fraction of sp³-hybridized carbons (Fsp3) is 1.00. The molecule has 0 aromatic carbocycles. The van der Waals surface area contributed by atoms with E-state index in [0.29, 0.717) is 51.4 Å². The SMILES string of the molecule is CCCCCCCCCCCCC(CC(F)(F)C(F)(F)C(F)(F)C(F)(F)C(F)(F)C(F)(F)C(F)(F)C(F)(F)F)C(CCCCCCCCCCCC)CC(F)(F)C(F)(F)C(F)(F)C(F)(F)C(F)(F)C(F)(F)C(F)(F)C(F)(F)F. The third kappa shape index (κ3) is 14.9. The highest BCUT2D eigenvalue weighted by Gasteiger charge is 2.97. The Hall–Kier alpha value is -2.38. The van der Waals surface area contributed by atoms with Gasteiger partial charge in [0.05, 0.1) is 0 Å². The van der Waals surface area contributed by atoms with Crippen molar-refractivity contribution in [2.45, 2.75) is 263 Å². The standard InChI is InChI=1S/C44H56F34/c1-3-5-7-9-11-13-15-17-19-21-23-27(25-29(45,46)31(49,50)33(53,54)35(57,58)37(61,62)39(65,66)41(69,70)43(73,74)75)28(24-22-20-18-16-14-12-10-8-6-4-2)26-30(47,48)32(51,52)34(55,56)36(59,60)38(63,64)40(67,68)42(71,72)44(76,77)78/h27-28H,3-26H2,1-2H3. The van der Waals surface area contributed by atoms with Gasteiger partial charge < -0.3 is 0 Å². The molecule has 0 radical (unpaired) electrons. The molecule has 0 aromatic heterocycles. The molecule has 78 heavy (non-hydrogen) atoms. The van der Waals surface area contributed by atoms with E-state index in [-0.39, 0.29) is 25.7 Å². The topological polar surface area (TPSA) is 0 Å². The summed E-state index contributed by atoms with van der Waals surface area (Å²) >= 11 is 0. The molecule has 0 rings (SSSR count). The second kappa shape index (κ2) is 26.5. The van der Waals surface area contributed by atoms with Gasteiger partial charge in [-0.05, 0) is 24.7 Å². The summed E-state index contributed by atoms with van der Waals surface area (Å²) in [6.45, 7) is 3.64. The first-order chi connectivity index (χ1) is 34.6. The predicted octanol–water partition coefficient (Wildman–Crippen LogP) is 21.6. The molecule has 0 amide bonds. The van der Waals surface area contributed by atoms with Gasteiger partial charge in [-0.15, -0.1) is 0 Å². The van der Waals surface area contributed by atoms with E-state index in [2.05, 4.69) is 0 Å². The maximum atomic E-state index is 15.6. The molecule has 0 aliphatic heterocycles. The second-order valence-electron chi connectivity index (χ2n) is 19.2. The Morgan fingerprint density at radius 1 is 0.192 bits per heavy atom. The first-order valence-corrected chi connectivity index (χ1v) is 24.0. The van der Waals surface area contributed by atoms with Gasteiger partial charge in [0.1, 0.15) is 0 Å². The molecule has 0 fully saturated rings. The molecular formula is C44H56F34. The molecule has 2 unspecified atom stereocenters. The average Bonchev–Trinajstić information content (AvgIpc) is 3.27. The fourth-order valence-electron chi connectivity index (χ4n) is 8.10. The van der Waals surface area contributed by atoms with E-state index < -0.39 is 158 Å². The van der Waals surface area contributed by atoms with Gasteiger partial charge in [-0.3, -0.25) is 0 Å². The van der Waals surface area contributed by atoms with Crippen molar-refractivity contribution in [1.29, 1.82) is 0 Å². The molecule has 0 heterocycles. The lowest BCUT2D eigenvalue weighted by Gasteiger charge is -2.44. The summed E-state index contributed by atoms with van der Waals surface area (Å²) in [5, 5.41) is 0. The normalized spacial score (nSPS) is 16.3. The third-order valence-electron chi connectivity index (χ3n) is 13.1. The summed E-state index contributed by atoms with van der Waals surface area (Å²) in [5.74, 6) is -129. The maximum absolute atomic E-state index is 15.6. The Balaban J connectivity index is 7.95. The summed E-state index contributed by atoms with van der Waals surface area (Å²) in [4.78, 5) is 0. The van der Waals surface area contributed by atoms with E-state index in [1.54, 1.807) is 0 Å². The van der Waals surface area contributed by atoms with Crippen molar-refractivity contribution in [2.24, 2.45) is 11.8 Å². The van der Waals surface area contributed by atoms with Crippen molar-refractivity contribution in [1.82, 2.24) is 0 Å². The molecule has 0 nitrogen and oxygen atoms in total. The van der Waals surface area contributed by atoms with Gasteiger partial charge in [-0.25, -0.2) is 0 Å². The van der Waals surface area contributed by atoms with Gasteiger partial charge in [0, 0.05) is 12.8 Å². The van der Waals surface area contributed by atoms with Crippen LogP contribution in [0.5, 0.6) is 0 Å². The number of rotatable bonds is 39. The van der Waals surface area contributed by atoms with Gasteiger partial charge in [-0.2, -0.15) is 149 Å². The highest BCUT2D eigenvalue weighted by atomic mass is 19.4. The van der Waals surface area contributed by atoms with Crippen LogP contribution in [0.1, 0.15) is 168 Å². The van der Waals surface area contributed by atoms with Gasteiger partial charge in [0.25, 0.3) is 0 Å². The lowest BCUT2D eigenvalue weighted by molar-refractivity contribution is -0.462. The quantitative estimate of drug-likeness (QED) is 0.0425. The number of unbranched alkanes of at least 4 members (excludes halogenated alkanes) is 18. The Labute approximate surface area is 424 Å². The van der Waals surface area contributed by atoms with Crippen LogP contribution in [0.2, 0.25) is 0 Å². The maximum Gasteiger partial charge on any atom is 0.460 e. The molecule has 0 bridgehead atoms. The van der Waals surface area contributed by atoms with Gasteiger partial charge in [0.15, 0.2) is 0 Å². The summed E-state index contributed by atoms with van der Waals surface area (Å²) in [6, 6.07) is 0. The summed E-state index contributed by atoms with van der Waals surface area (Å²) in [6.07, 6.45) is -22.8. The summed E-state index contributed by atoms with van der Waals surface area (Å²) in [7, 11) is 0. The largest absolute Gasteiger partial charge is 0.460 e. The molecule has 0 aromatic rings. The molecule has 0 aliphatic rings. The summed E-state index contributed by atoms with van der Waals surface area (Å²) < 4.78 is 483. The van der Waals surface area contributed by atoms with Crippen LogP contribution in [0.3, 0.4) is 0 Å². The van der Waals surface area contributed by atoms with Crippen LogP contribution in [0.15, 0.2) is 0 Å². The number of alkyl halides is 34. The fourth-order valence-corrected chi connectivity index (χ4v) is 8.10. The average molecular weight is 1230 g/mol. The van der Waals surface area contributed by atoms with Crippen molar-refractivity contribution in [3.63, 3.8) is 0 Å². The van der Waals surface area contributed by atoms with Gasteiger partial charge in [-0.1, -0.05) is 142 Å². The van der Waals surface area contributed by atoms with Crippen LogP contribution < -0.4 is 0 Å². The highest BCUT2D eigenvalue weighted by Crippen LogP contribution is 2.67. The number of halogens is 34. The van der Waals surface area contributed by atoms with Crippen molar-refractivity contribution in [3.8, 4) is 0 Å². The molecule has 2 atom stereocenters. The minimum atomic E-state index is -9.19.